The summed E-state index contributed by atoms with van der Waals surface area (Å²) in [6, 6.07) is 5.67. The van der Waals surface area contributed by atoms with Crippen molar-refractivity contribution in [2.24, 2.45) is 5.73 Å². The Labute approximate surface area is 176 Å². The molecule has 0 bridgehead atoms. The monoisotopic (exact) mass is 437 g/mol. The SMILES string of the molecule is COC[C@H](c1ccnc(NC(=O)[C@@H](N)c2cccc(F)c2)c1)N1CC(F)(F)CNC1=O. The van der Waals surface area contributed by atoms with Crippen LogP contribution in [0.25, 0.3) is 0 Å². The molecule has 31 heavy (non-hydrogen) atoms. The molecule has 8 nitrogen and oxygen atoms in total. The topological polar surface area (TPSA) is 110 Å². The van der Waals surface area contributed by atoms with Gasteiger partial charge in [-0.15, -0.1) is 0 Å². The lowest BCUT2D eigenvalue weighted by Crippen LogP contribution is -2.58. The maximum absolute atomic E-state index is 13.9. The number of aromatic nitrogens is 1. The number of benzene rings is 1. The molecule has 3 amide bonds. The van der Waals surface area contributed by atoms with Crippen LogP contribution in [0.15, 0.2) is 42.6 Å². The highest BCUT2D eigenvalue weighted by Crippen LogP contribution is 2.29. The van der Waals surface area contributed by atoms with E-state index in [4.69, 9.17) is 10.5 Å². The molecule has 11 heteroatoms. The van der Waals surface area contributed by atoms with Crippen LogP contribution < -0.4 is 16.4 Å². The lowest BCUT2D eigenvalue weighted by Gasteiger charge is -2.38. The zero-order valence-corrected chi connectivity index (χ0v) is 16.6. The molecule has 166 valence electrons. The first-order valence-corrected chi connectivity index (χ1v) is 9.39. The van der Waals surface area contributed by atoms with Crippen LogP contribution in [0, 0.1) is 5.82 Å². The van der Waals surface area contributed by atoms with Crippen molar-refractivity contribution in [3.05, 3.63) is 59.5 Å². The fraction of sp³-hybridized carbons (Fsp3) is 0.350. The number of rotatable bonds is 7. The number of nitrogens with one attached hydrogen (secondary N) is 2. The summed E-state index contributed by atoms with van der Waals surface area (Å²) in [7, 11) is 1.38. The number of alkyl halides is 2. The maximum Gasteiger partial charge on any atom is 0.318 e. The molecule has 3 rings (SSSR count). The van der Waals surface area contributed by atoms with Gasteiger partial charge in [-0.05, 0) is 35.4 Å². The number of halogens is 3. The Morgan fingerprint density at radius 1 is 1.35 bits per heavy atom. The minimum atomic E-state index is -3.10. The van der Waals surface area contributed by atoms with Crippen molar-refractivity contribution in [1.29, 1.82) is 0 Å². The Morgan fingerprint density at radius 3 is 2.84 bits per heavy atom. The first-order chi connectivity index (χ1) is 14.7. The van der Waals surface area contributed by atoms with Crippen LogP contribution in [0.3, 0.4) is 0 Å². The predicted molar refractivity (Wildman–Crippen MR) is 106 cm³/mol. The molecule has 0 radical (unpaired) electrons. The van der Waals surface area contributed by atoms with E-state index in [1.807, 2.05) is 0 Å². The summed E-state index contributed by atoms with van der Waals surface area (Å²) in [6.45, 7) is -1.57. The summed E-state index contributed by atoms with van der Waals surface area (Å²) in [5, 5.41) is 4.69. The predicted octanol–water partition coefficient (Wildman–Crippen LogP) is 2.21. The Hall–Kier alpha value is -3.18. The van der Waals surface area contributed by atoms with Gasteiger partial charge in [0, 0.05) is 13.3 Å². The summed E-state index contributed by atoms with van der Waals surface area (Å²) in [5.41, 5.74) is 6.60. The van der Waals surface area contributed by atoms with Crippen molar-refractivity contribution in [2.75, 3.05) is 32.1 Å². The largest absolute Gasteiger partial charge is 0.382 e. The van der Waals surface area contributed by atoms with E-state index in [0.717, 1.165) is 11.0 Å². The van der Waals surface area contributed by atoms with Crippen LogP contribution in [0.4, 0.5) is 23.8 Å². The number of carbonyl (C=O) groups is 2. The molecule has 2 atom stereocenters. The maximum atomic E-state index is 13.9. The number of urea groups is 1. The molecule has 1 aromatic heterocycles. The van der Waals surface area contributed by atoms with Crippen LogP contribution in [-0.2, 0) is 9.53 Å². The van der Waals surface area contributed by atoms with Gasteiger partial charge in [0.2, 0.25) is 5.91 Å². The lowest BCUT2D eigenvalue weighted by molar-refractivity contribution is -0.117. The highest BCUT2D eigenvalue weighted by Gasteiger charge is 2.42. The van der Waals surface area contributed by atoms with Gasteiger partial charge in [-0.1, -0.05) is 12.1 Å². The quantitative estimate of drug-likeness (QED) is 0.615. The number of ether oxygens (including phenoxy) is 1. The summed E-state index contributed by atoms with van der Waals surface area (Å²) in [5.74, 6) is -4.16. The minimum Gasteiger partial charge on any atom is -0.382 e. The number of nitrogens with two attached hydrogens (primary N) is 1. The van der Waals surface area contributed by atoms with Crippen molar-refractivity contribution >= 4 is 17.8 Å². The van der Waals surface area contributed by atoms with Crippen LogP contribution in [0.1, 0.15) is 23.2 Å². The second-order valence-corrected chi connectivity index (χ2v) is 7.11. The number of methoxy groups -OCH3 is 1. The normalized spacial score (nSPS) is 17.6. The smallest absolute Gasteiger partial charge is 0.318 e. The van der Waals surface area contributed by atoms with E-state index < -0.39 is 48.9 Å². The number of pyridine rings is 1. The number of hydrogen-bond acceptors (Lipinski definition) is 5. The zero-order valence-electron chi connectivity index (χ0n) is 16.6. The minimum absolute atomic E-state index is 0.0519. The number of anilines is 1. The summed E-state index contributed by atoms with van der Waals surface area (Å²) in [6.07, 6.45) is 1.36. The molecular formula is C20H22F3N5O3. The third kappa shape index (κ3) is 5.50. The molecule has 0 unspecified atom stereocenters. The van der Waals surface area contributed by atoms with Crippen molar-refractivity contribution in [3.63, 3.8) is 0 Å². The van der Waals surface area contributed by atoms with Gasteiger partial charge >= 0.3 is 6.03 Å². The molecule has 4 N–H and O–H groups in total. The zero-order chi connectivity index (χ0) is 22.6. The van der Waals surface area contributed by atoms with Gasteiger partial charge in [0.25, 0.3) is 5.92 Å². The van der Waals surface area contributed by atoms with Gasteiger partial charge in [0.1, 0.15) is 17.7 Å². The molecule has 1 aromatic carbocycles. The molecule has 0 spiro atoms. The molecule has 2 heterocycles. The summed E-state index contributed by atoms with van der Waals surface area (Å²) < 4.78 is 46.3. The molecule has 1 aliphatic rings. The van der Waals surface area contributed by atoms with E-state index in [1.54, 1.807) is 0 Å². The first-order valence-electron chi connectivity index (χ1n) is 9.39. The third-order valence-electron chi connectivity index (χ3n) is 4.77. The van der Waals surface area contributed by atoms with Gasteiger partial charge in [-0.2, -0.15) is 0 Å². The number of carbonyl (C=O) groups excluding carboxylic acids is 2. The second kappa shape index (κ2) is 9.31. The standard InChI is InChI=1S/C20H22F3N5O3/c1-31-9-15(28-11-20(22,23)10-26-19(28)30)12-5-6-25-16(8-12)27-18(29)17(24)13-3-2-4-14(21)7-13/h2-8,15,17H,9-11,24H2,1H3,(H,26,30)(H,25,27,29)/t15-,17+/m1/s1. The van der Waals surface area contributed by atoms with Gasteiger partial charge in [0.15, 0.2) is 0 Å². The number of hydrogen-bond donors (Lipinski definition) is 3. The Morgan fingerprint density at radius 2 is 2.13 bits per heavy atom. The summed E-state index contributed by atoms with van der Waals surface area (Å²) >= 11 is 0. The Bertz CT molecular complexity index is 959. The Kier molecular flexibility index (Phi) is 6.76. The molecule has 0 aliphatic carbocycles. The van der Waals surface area contributed by atoms with E-state index in [2.05, 4.69) is 15.6 Å². The molecule has 2 aromatic rings. The van der Waals surface area contributed by atoms with Crippen LogP contribution in [-0.4, -0.2) is 54.6 Å². The fourth-order valence-corrected chi connectivity index (χ4v) is 3.24. The van der Waals surface area contributed by atoms with E-state index in [1.165, 1.54) is 43.6 Å². The van der Waals surface area contributed by atoms with Crippen molar-refractivity contribution < 1.29 is 27.5 Å². The van der Waals surface area contributed by atoms with E-state index in [9.17, 15) is 22.8 Å². The van der Waals surface area contributed by atoms with Crippen LogP contribution in [0.2, 0.25) is 0 Å². The summed E-state index contributed by atoms with van der Waals surface area (Å²) in [4.78, 5) is 29.7. The molecule has 1 fully saturated rings. The molecule has 1 aliphatic heterocycles. The van der Waals surface area contributed by atoms with Crippen molar-refractivity contribution in [3.8, 4) is 0 Å². The molecule has 1 saturated heterocycles. The molecule has 0 saturated carbocycles. The highest BCUT2D eigenvalue weighted by molar-refractivity contribution is 5.94. The van der Waals surface area contributed by atoms with Crippen molar-refractivity contribution in [1.82, 2.24) is 15.2 Å². The van der Waals surface area contributed by atoms with E-state index in [0.29, 0.717) is 5.56 Å². The van der Waals surface area contributed by atoms with E-state index >= 15 is 0 Å². The number of amides is 3. The van der Waals surface area contributed by atoms with E-state index in [-0.39, 0.29) is 18.0 Å². The average Bonchev–Trinajstić information content (AvgIpc) is 2.73. The van der Waals surface area contributed by atoms with Crippen molar-refractivity contribution in [2.45, 2.75) is 18.0 Å². The second-order valence-electron chi connectivity index (χ2n) is 7.11. The third-order valence-corrected chi connectivity index (χ3v) is 4.77. The lowest BCUT2D eigenvalue weighted by atomic mass is 10.1. The van der Waals surface area contributed by atoms with Gasteiger partial charge in [-0.25, -0.2) is 22.9 Å². The van der Waals surface area contributed by atoms with Gasteiger partial charge in [-0.3, -0.25) is 4.79 Å². The van der Waals surface area contributed by atoms with Gasteiger partial charge in [0.05, 0.1) is 25.7 Å². The fourth-order valence-electron chi connectivity index (χ4n) is 3.24. The number of nitrogens with zero attached hydrogens (tertiary/aromatic N) is 2. The average molecular weight is 437 g/mol. The highest BCUT2D eigenvalue weighted by atomic mass is 19.3. The van der Waals surface area contributed by atoms with Crippen LogP contribution in [0.5, 0.6) is 0 Å². The van der Waals surface area contributed by atoms with Gasteiger partial charge < -0.3 is 26.0 Å². The Balaban J connectivity index is 1.80. The van der Waals surface area contributed by atoms with Crippen LogP contribution >= 0.6 is 0 Å². The molecular weight excluding hydrogens is 415 g/mol. The first kappa shape index (κ1) is 22.5.